The number of ether oxygens (including phenoxy) is 2. The molecule has 2 N–H and O–H groups in total. The molecule has 0 saturated carbocycles. The van der Waals surface area contributed by atoms with Crippen LogP contribution >= 0.6 is 0 Å². The van der Waals surface area contributed by atoms with Gasteiger partial charge in [-0.2, -0.15) is 0 Å². The van der Waals surface area contributed by atoms with Crippen LogP contribution in [0.1, 0.15) is 42.1 Å². The normalized spacial score (nSPS) is 10.1. The Morgan fingerprint density at radius 3 is 2.41 bits per heavy atom. The number of rotatable bonds is 9. The number of benzene rings is 2. The summed E-state index contributed by atoms with van der Waals surface area (Å²) in [6.45, 7) is 4.44. The van der Waals surface area contributed by atoms with E-state index in [1.807, 2.05) is 19.1 Å². The summed E-state index contributed by atoms with van der Waals surface area (Å²) < 4.78 is 11.1. The van der Waals surface area contributed by atoms with Gasteiger partial charge in [-0.3, -0.25) is 20.4 Å². The van der Waals surface area contributed by atoms with Crippen LogP contribution in [-0.2, 0) is 4.79 Å². The lowest BCUT2D eigenvalue weighted by molar-refractivity contribution is -0.123. The maximum atomic E-state index is 12.3. The number of hydrogen-bond acceptors (Lipinski definition) is 4. The molecule has 0 aliphatic carbocycles. The van der Waals surface area contributed by atoms with Crippen LogP contribution < -0.4 is 20.3 Å². The summed E-state index contributed by atoms with van der Waals surface area (Å²) >= 11 is 0. The van der Waals surface area contributed by atoms with Gasteiger partial charge in [-0.1, -0.05) is 49.6 Å². The minimum absolute atomic E-state index is 0.196. The molecule has 0 heterocycles. The maximum Gasteiger partial charge on any atom is 0.276 e. The first kappa shape index (κ1) is 20.3. The van der Waals surface area contributed by atoms with E-state index in [4.69, 9.17) is 9.47 Å². The highest BCUT2D eigenvalue weighted by Gasteiger charge is 2.13. The molecule has 0 aromatic heterocycles. The third kappa shape index (κ3) is 7.01. The van der Waals surface area contributed by atoms with Crippen molar-refractivity contribution in [2.45, 2.75) is 33.1 Å². The highest BCUT2D eigenvalue weighted by molar-refractivity contribution is 5.97. The third-order valence-corrected chi connectivity index (χ3v) is 3.84. The molecule has 0 saturated heterocycles. The van der Waals surface area contributed by atoms with Crippen LogP contribution in [0.5, 0.6) is 11.5 Å². The average Bonchev–Trinajstić information content (AvgIpc) is 2.69. The Balaban J connectivity index is 1.80. The molecule has 144 valence electrons. The lowest BCUT2D eigenvalue weighted by atomic mass is 10.2. The van der Waals surface area contributed by atoms with E-state index >= 15 is 0 Å². The van der Waals surface area contributed by atoms with Crippen LogP contribution in [0.2, 0.25) is 0 Å². The topological polar surface area (TPSA) is 76.7 Å². The second-order valence-electron chi connectivity index (χ2n) is 6.16. The van der Waals surface area contributed by atoms with E-state index in [9.17, 15) is 9.59 Å². The van der Waals surface area contributed by atoms with E-state index in [1.54, 1.807) is 36.4 Å². The zero-order chi connectivity index (χ0) is 19.5. The summed E-state index contributed by atoms with van der Waals surface area (Å²) in [5, 5.41) is 0. The molecular weight excluding hydrogens is 344 g/mol. The van der Waals surface area contributed by atoms with Crippen molar-refractivity contribution in [2.75, 3.05) is 13.2 Å². The highest BCUT2D eigenvalue weighted by atomic mass is 16.5. The molecule has 0 unspecified atom stereocenters. The molecule has 0 aliphatic heterocycles. The monoisotopic (exact) mass is 370 g/mol. The van der Waals surface area contributed by atoms with Gasteiger partial charge >= 0.3 is 0 Å². The SMILES string of the molecule is CCCCCOc1ccccc1C(=O)NNC(=O)COc1ccc(C)cc1. The van der Waals surface area contributed by atoms with Gasteiger partial charge in [0.05, 0.1) is 12.2 Å². The van der Waals surface area contributed by atoms with Crippen molar-refractivity contribution in [3.8, 4) is 11.5 Å². The van der Waals surface area contributed by atoms with Crippen LogP contribution in [-0.4, -0.2) is 25.0 Å². The van der Waals surface area contributed by atoms with Gasteiger partial charge in [-0.05, 0) is 37.6 Å². The summed E-state index contributed by atoms with van der Waals surface area (Å²) in [5.41, 5.74) is 6.21. The number of amides is 2. The van der Waals surface area contributed by atoms with Gasteiger partial charge in [0.25, 0.3) is 11.8 Å². The second kappa shape index (κ2) is 10.9. The lowest BCUT2D eigenvalue weighted by Gasteiger charge is -2.12. The molecule has 0 atom stereocenters. The molecule has 0 fully saturated rings. The first-order valence-electron chi connectivity index (χ1n) is 9.10. The number of hydrogen-bond donors (Lipinski definition) is 2. The molecule has 0 radical (unpaired) electrons. The van der Waals surface area contributed by atoms with E-state index in [2.05, 4.69) is 17.8 Å². The van der Waals surface area contributed by atoms with Crippen LogP contribution in [0.25, 0.3) is 0 Å². The first-order chi connectivity index (χ1) is 13.1. The molecule has 6 nitrogen and oxygen atoms in total. The van der Waals surface area contributed by atoms with E-state index < -0.39 is 11.8 Å². The van der Waals surface area contributed by atoms with E-state index in [0.717, 1.165) is 24.8 Å². The lowest BCUT2D eigenvalue weighted by Crippen LogP contribution is -2.43. The van der Waals surface area contributed by atoms with Crippen molar-refractivity contribution in [3.63, 3.8) is 0 Å². The van der Waals surface area contributed by atoms with Crippen LogP contribution in [0.3, 0.4) is 0 Å². The van der Waals surface area contributed by atoms with Crippen molar-refractivity contribution in [3.05, 3.63) is 59.7 Å². The number of nitrogens with one attached hydrogen (secondary N) is 2. The number of carbonyl (C=O) groups is 2. The number of aryl methyl sites for hydroxylation is 1. The van der Waals surface area contributed by atoms with Crippen LogP contribution in [0, 0.1) is 6.92 Å². The fourth-order valence-corrected chi connectivity index (χ4v) is 2.33. The predicted octanol–water partition coefficient (Wildman–Crippen LogP) is 3.40. The smallest absolute Gasteiger partial charge is 0.276 e. The van der Waals surface area contributed by atoms with Gasteiger partial charge in [0.1, 0.15) is 11.5 Å². The van der Waals surface area contributed by atoms with Crippen molar-refractivity contribution >= 4 is 11.8 Å². The van der Waals surface area contributed by atoms with Crippen LogP contribution in [0.15, 0.2) is 48.5 Å². The van der Waals surface area contributed by atoms with Gasteiger partial charge in [-0.15, -0.1) is 0 Å². The Kier molecular flexibility index (Phi) is 8.16. The molecule has 2 aromatic rings. The average molecular weight is 370 g/mol. The molecular formula is C21H26N2O4. The molecule has 0 bridgehead atoms. The Morgan fingerprint density at radius 2 is 1.67 bits per heavy atom. The summed E-state index contributed by atoms with van der Waals surface area (Å²) in [6.07, 6.45) is 3.10. The van der Waals surface area contributed by atoms with Gasteiger partial charge in [0.2, 0.25) is 0 Å². The summed E-state index contributed by atoms with van der Waals surface area (Å²) in [4.78, 5) is 24.2. The summed E-state index contributed by atoms with van der Waals surface area (Å²) in [7, 11) is 0. The van der Waals surface area contributed by atoms with Crippen molar-refractivity contribution in [1.82, 2.24) is 10.9 Å². The van der Waals surface area contributed by atoms with Crippen molar-refractivity contribution in [2.24, 2.45) is 0 Å². The fourth-order valence-electron chi connectivity index (χ4n) is 2.33. The molecule has 0 spiro atoms. The third-order valence-electron chi connectivity index (χ3n) is 3.84. The zero-order valence-electron chi connectivity index (χ0n) is 15.8. The Hall–Kier alpha value is -3.02. The number of para-hydroxylation sites is 1. The standard InChI is InChI=1S/C21H26N2O4/c1-3-4-7-14-26-19-9-6-5-8-18(19)21(25)23-22-20(24)15-27-17-12-10-16(2)11-13-17/h5-6,8-13H,3-4,7,14-15H2,1-2H3,(H,22,24)(H,23,25). The number of hydrazine groups is 1. The van der Waals surface area contributed by atoms with Crippen molar-refractivity contribution in [1.29, 1.82) is 0 Å². The predicted molar refractivity (Wildman–Crippen MR) is 104 cm³/mol. The van der Waals surface area contributed by atoms with Crippen molar-refractivity contribution < 1.29 is 19.1 Å². The minimum Gasteiger partial charge on any atom is -0.493 e. The molecule has 2 rings (SSSR count). The quantitative estimate of drug-likeness (QED) is 0.524. The summed E-state index contributed by atoms with van der Waals surface area (Å²) in [5.74, 6) is 0.194. The number of unbranched alkanes of at least 4 members (excludes halogenated alkanes) is 2. The molecule has 6 heteroatoms. The van der Waals surface area contributed by atoms with E-state index in [1.165, 1.54) is 0 Å². The van der Waals surface area contributed by atoms with E-state index in [0.29, 0.717) is 23.7 Å². The van der Waals surface area contributed by atoms with E-state index in [-0.39, 0.29) is 6.61 Å². The van der Waals surface area contributed by atoms with Crippen LogP contribution in [0.4, 0.5) is 0 Å². The van der Waals surface area contributed by atoms with Gasteiger partial charge in [0.15, 0.2) is 6.61 Å². The Bertz CT molecular complexity index is 744. The Labute approximate surface area is 159 Å². The zero-order valence-corrected chi connectivity index (χ0v) is 15.8. The summed E-state index contributed by atoms with van der Waals surface area (Å²) in [6, 6.07) is 14.3. The number of carbonyl (C=O) groups excluding carboxylic acids is 2. The largest absolute Gasteiger partial charge is 0.493 e. The maximum absolute atomic E-state index is 12.3. The van der Waals surface area contributed by atoms with Gasteiger partial charge in [0, 0.05) is 0 Å². The Morgan fingerprint density at radius 1 is 0.926 bits per heavy atom. The highest BCUT2D eigenvalue weighted by Crippen LogP contribution is 2.18. The molecule has 27 heavy (non-hydrogen) atoms. The first-order valence-corrected chi connectivity index (χ1v) is 9.10. The minimum atomic E-state index is -0.453. The van der Waals surface area contributed by atoms with Gasteiger partial charge in [-0.25, -0.2) is 0 Å². The fraction of sp³-hybridized carbons (Fsp3) is 0.333. The van der Waals surface area contributed by atoms with Gasteiger partial charge < -0.3 is 9.47 Å². The second-order valence-corrected chi connectivity index (χ2v) is 6.16. The molecule has 2 aromatic carbocycles. The molecule has 0 aliphatic rings. The molecule has 2 amide bonds.